The van der Waals surface area contributed by atoms with Gasteiger partial charge in [0.05, 0.1) is 19.8 Å². The fourth-order valence-corrected chi connectivity index (χ4v) is 3.67. The quantitative estimate of drug-likeness (QED) is 0.793. The number of aryl methyl sites for hydroxylation is 1. The Morgan fingerprint density at radius 2 is 1.96 bits per heavy atom. The van der Waals surface area contributed by atoms with Crippen LogP contribution < -0.4 is 15.1 Å². The predicted molar refractivity (Wildman–Crippen MR) is 105 cm³/mol. The van der Waals surface area contributed by atoms with Gasteiger partial charge in [-0.1, -0.05) is 6.92 Å². The Morgan fingerprint density at radius 3 is 2.67 bits per heavy atom. The van der Waals surface area contributed by atoms with Crippen LogP contribution in [0.1, 0.15) is 31.3 Å². The molecule has 2 aliphatic rings. The second-order valence-electron chi connectivity index (χ2n) is 7.15. The molecular formula is C19H29N7O. The van der Waals surface area contributed by atoms with Gasteiger partial charge in [-0.15, -0.1) is 0 Å². The highest BCUT2D eigenvalue weighted by molar-refractivity contribution is 5.46. The maximum absolute atomic E-state index is 5.46. The van der Waals surface area contributed by atoms with E-state index in [-0.39, 0.29) is 0 Å². The van der Waals surface area contributed by atoms with Gasteiger partial charge < -0.3 is 24.8 Å². The summed E-state index contributed by atoms with van der Waals surface area (Å²) in [6.07, 6.45) is 6.81. The van der Waals surface area contributed by atoms with Gasteiger partial charge in [0, 0.05) is 56.4 Å². The summed E-state index contributed by atoms with van der Waals surface area (Å²) in [6.45, 7) is 8.21. The topological polar surface area (TPSA) is 82.2 Å². The standard InChI is InChI=1S/C19H29N7O/c1-2-15-13-18(24-19(23-15)26-9-11-27-12-10-26)25-7-3-16(4-8-25)22-14-17-20-5-6-21-17/h5-6,13,16,22H,2-4,7-12,14H2,1H3,(H,20,21). The molecule has 0 atom stereocenters. The van der Waals surface area contributed by atoms with Gasteiger partial charge in [-0.2, -0.15) is 4.98 Å². The molecule has 2 aliphatic heterocycles. The second-order valence-corrected chi connectivity index (χ2v) is 7.15. The van der Waals surface area contributed by atoms with Gasteiger partial charge in [0.1, 0.15) is 11.6 Å². The Kier molecular flexibility index (Phi) is 5.84. The van der Waals surface area contributed by atoms with Crippen molar-refractivity contribution in [3.63, 3.8) is 0 Å². The van der Waals surface area contributed by atoms with Crippen molar-refractivity contribution in [1.29, 1.82) is 0 Å². The Bertz CT molecular complexity index is 707. The fraction of sp³-hybridized carbons (Fsp3) is 0.632. The van der Waals surface area contributed by atoms with E-state index in [9.17, 15) is 0 Å². The Morgan fingerprint density at radius 1 is 1.15 bits per heavy atom. The number of ether oxygens (including phenoxy) is 1. The summed E-state index contributed by atoms with van der Waals surface area (Å²) in [5, 5.41) is 3.61. The third kappa shape index (κ3) is 4.56. The van der Waals surface area contributed by atoms with E-state index in [1.165, 1.54) is 0 Å². The summed E-state index contributed by atoms with van der Waals surface area (Å²) < 4.78 is 5.46. The van der Waals surface area contributed by atoms with Crippen molar-refractivity contribution in [1.82, 2.24) is 25.3 Å². The van der Waals surface area contributed by atoms with E-state index < -0.39 is 0 Å². The molecule has 0 aliphatic carbocycles. The monoisotopic (exact) mass is 371 g/mol. The summed E-state index contributed by atoms with van der Waals surface area (Å²) in [4.78, 5) is 21.7. The van der Waals surface area contributed by atoms with Crippen molar-refractivity contribution in [2.24, 2.45) is 0 Å². The van der Waals surface area contributed by atoms with Crippen LogP contribution in [0.2, 0.25) is 0 Å². The molecule has 4 heterocycles. The molecule has 0 bridgehead atoms. The number of aromatic amines is 1. The number of hydrogen-bond acceptors (Lipinski definition) is 7. The molecule has 8 nitrogen and oxygen atoms in total. The zero-order valence-electron chi connectivity index (χ0n) is 16.0. The molecule has 2 fully saturated rings. The van der Waals surface area contributed by atoms with E-state index in [0.29, 0.717) is 6.04 Å². The number of imidazole rings is 1. The average molecular weight is 371 g/mol. The highest BCUT2D eigenvalue weighted by Crippen LogP contribution is 2.22. The highest BCUT2D eigenvalue weighted by atomic mass is 16.5. The molecule has 0 unspecified atom stereocenters. The number of aromatic nitrogens is 4. The number of rotatable bonds is 6. The zero-order valence-corrected chi connectivity index (χ0v) is 16.0. The highest BCUT2D eigenvalue weighted by Gasteiger charge is 2.22. The van der Waals surface area contributed by atoms with Gasteiger partial charge in [-0.05, 0) is 19.3 Å². The molecule has 146 valence electrons. The van der Waals surface area contributed by atoms with Gasteiger partial charge in [0.25, 0.3) is 0 Å². The molecule has 27 heavy (non-hydrogen) atoms. The lowest BCUT2D eigenvalue weighted by Crippen LogP contribution is -2.43. The third-order valence-corrected chi connectivity index (χ3v) is 5.34. The van der Waals surface area contributed by atoms with Crippen LogP contribution in [0.5, 0.6) is 0 Å². The summed E-state index contributed by atoms with van der Waals surface area (Å²) >= 11 is 0. The summed E-state index contributed by atoms with van der Waals surface area (Å²) in [5.74, 6) is 2.91. The van der Waals surface area contributed by atoms with Crippen molar-refractivity contribution in [3.05, 3.63) is 30.0 Å². The van der Waals surface area contributed by atoms with Crippen LogP contribution in [0.4, 0.5) is 11.8 Å². The Labute approximate surface area is 160 Å². The van der Waals surface area contributed by atoms with E-state index in [1.54, 1.807) is 6.20 Å². The van der Waals surface area contributed by atoms with Gasteiger partial charge in [0.15, 0.2) is 0 Å². The molecule has 0 aromatic carbocycles. The SMILES string of the molecule is CCc1cc(N2CCC(NCc3ncc[nH]3)CC2)nc(N2CCOCC2)n1. The van der Waals surface area contributed by atoms with Crippen molar-refractivity contribution in [3.8, 4) is 0 Å². The summed E-state index contributed by atoms with van der Waals surface area (Å²) in [6, 6.07) is 2.68. The van der Waals surface area contributed by atoms with Crippen molar-refractivity contribution >= 4 is 11.8 Å². The summed E-state index contributed by atoms with van der Waals surface area (Å²) in [7, 11) is 0. The first-order valence-electron chi connectivity index (χ1n) is 9.99. The minimum atomic E-state index is 0.526. The van der Waals surface area contributed by atoms with Crippen molar-refractivity contribution in [2.45, 2.75) is 38.8 Å². The van der Waals surface area contributed by atoms with Crippen molar-refractivity contribution in [2.75, 3.05) is 49.2 Å². The molecule has 4 rings (SSSR count). The van der Waals surface area contributed by atoms with Crippen LogP contribution in [0.25, 0.3) is 0 Å². The second kappa shape index (κ2) is 8.67. The van der Waals surface area contributed by atoms with E-state index in [0.717, 1.165) is 88.5 Å². The smallest absolute Gasteiger partial charge is 0.227 e. The van der Waals surface area contributed by atoms with Gasteiger partial charge in [-0.3, -0.25) is 0 Å². The minimum Gasteiger partial charge on any atom is -0.378 e. The lowest BCUT2D eigenvalue weighted by atomic mass is 10.0. The zero-order chi connectivity index (χ0) is 18.5. The van der Waals surface area contributed by atoms with E-state index in [1.807, 2.05) is 6.20 Å². The maximum atomic E-state index is 5.46. The number of morpholine rings is 1. The third-order valence-electron chi connectivity index (χ3n) is 5.34. The molecule has 2 saturated heterocycles. The summed E-state index contributed by atoms with van der Waals surface area (Å²) in [5.41, 5.74) is 1.11. The van der Waals surface area contributed by atoms with Gasteiger partial charge >= 0.3 is 0 Å². The number of nitrogens with one attached hydrogen (secondary N) is 2. The van der Waals surface area contributed by atoms with Gasteiger partial charge in [0.2, 0.25) is 5.95 Å². The molecule has 0 spiro atoms. The van der Waals surface area contributed by atoms with Crippen LogP contribution in [0, 0.1) is 0 Å². The molecule has 8 heteroatoms. The average Bonchev–Trinajstić information content (AvgIpc) is 3.26. The first-order chi connectivity index (χ1) is 13.3. The molecular weight excluding hydrogens is 342 g/mol. The normalized spacial score (nSPS) is 18.9. The van der Waals surface area contributed by atoms with Gasteiger partial charge in [-0.25, -0.2) is 9.97 Å². The number of nitrogens with zero attached hydrogens (tertiary/aromatic N) is 5. The lowest BCUT2D eigenvalue weighted by molar-refractivity contribution is 0.122. The van der Waals surface area contributed by atoms with Crippen LogP contribution in [-0.2, 0) is 17.7 Å². The van der Waals surface area contributed by atoms with Crippen molar-refractivity contribution < 1.29 is 4.74 Å². The van der Waals surface area contributed by atoms with Crippen LogP contribution in [0.3, 0.4) is 0 Å². The number of H-pyrrole nitrogens is 1. The van der Waals surface area contributed by atoms with Crippen LogP contribution in [-0.4, -0.2) is 65.4 Å². The maximum Gasteiger partial charge on any atom is 0.227 e. The first kappa shape index (κ1) is 18.2. The van der Waals surface area contributed by atoms with Crippen LogP contribution in [0.15, 0.2) is 18.5 Å². The molecule has 2 aromatic heterocycles. The van der Waals surface area contributed by atoms with E-state index in [2.05, 4.69) is 38.1 Å². The number of piperidine rings is 1. The predicted octanol–water partition coefficient (Wildman–Crippen LogP) is 1.36. The number of anilines is 2. The molecule has 2 aromatic rings. The van der Waals surface area contributed by atoms with Crippen LogP contribution >= 0.6 is 0 Å². The Balaban J connectivity index is 1.38. The first-order valence-corrected chi connectivity index (χ1v) is 9.99. The number of hydrogen-bond donors (Lipinski definition) is 2. The van der Waals surface area contributed by atoms with E-state index in [4.69, 9.17) is 14.7 Å². The molecule has 2 N–H and O–H groups in total. The molecule has 0 radical (unpaired) electrons. The molecule has 0 amide bonds. The van der Waals surface area contributed by atoms with E-state index >= 15 is 0 Å². The fourth-order valence-electron chi connectivity index (χ4n) is 3.67. The Hall–Kier alpha value is -2.19. The lowest BCUT2D eigenvalue weighted by Gasteiger charge is -2.34. The molecule has 0 saturated carbocycles. The minimum absolute atomic E-state index is 0.526. The largest absolute Gasteiger partial charge is 0.378 e.